The second kappa shape index (κ2) is 34.9. The molecule has 8 nitrogen and oxygen atoms in total. The van der Waals surface area contributed by atoms with Gasteiger partial charge in [-0.25, -0.2) is 4.79 Å². The van der Waals surface area contributed by atoms with E-state index in [1.807, 2.05) is 21.1 Å². The van der Waals surface area contributed by atoms with Crippen LogP contribution in [0.3, 0.4) is 0 Å². The van der Waals surface area contributed by atoms with Crippen LogP contribution < -0.4 is 0 Å². The summed E-state index contributed by atoms with van der Waals surface area (Å²) in [6.45, 7) is 4.70. The number of quaternary nitrogens is 1. The smallest absolute Gasteiger partial charge is 0.362 e. The number of aliphatic carboxylic acids is 1. The molecule has 0 saturated heterocycles. The van der Waals surface area contributed by atoms with Gasteiger partial charge in [-0.05, 0) is 38.5 Å². The highest BCUT2D eigenvalue weighted by Crippen LogP contribution is 2.14. The maximum absolute atomic E-state index is 12.7. The minimum atomic E-state index is -0.879. The van der Waals surface area contributed by atoms with Crippen LogP contribution in [0.2, 0.25) is 0 Å². The fraction of sp³-hybridized carbons (Fsp3) is 0.837. The summed E-state index contributed by atoms with van der Waals surface area (Å²) in [6, 6.07) is -0.615. The third-order valence-corrected chi connectivity index (χ3v) is 9.38. The second-order valence-corrected chi connectivity index (χ2v) is 15.3. The molecular weight excluding hydrogens is 642 g/mol. The fourth-order valence-electron chi connectivity index (χ4n) is 6.08. The average molecular weight is 723 g/mol. The number of hydrogen-bond donors (Lipinski definition) is 1. The first kappa shape index (κ1) is 48.8. The van der Waals surface area contributed by atoms with Crippen LogP contribution in [-0.2, 0) is 28.6 Å². The molecule has 51 heavy (non-hydrogen) atoms. The molecule has 0 amide bonds. The lowest BCUT2D eigenvalue weighted by atomic mass is 10.1. The molecule has 0 aromatic carbocycles. The molecule has 0 aliphatic heterocycles. The topological polar surface area (TPSA) is 99.1 Å². The molecule has 0 aromatic heterocycles. The van der Waals surface area contributed by atoms with Crippen molar-refractivity contribution in [1.29, 1.82) is 0 Å². The van der Waals surface area contributed by atoms with E-state index >= 15 is 0 Å². The van der Waals surface area contributed by atoms with Gasteiger partial charge in [0.25, 0.3) is 0 Å². The Hall–Kier alpha value is -2.19. The van der Waals surface area contributed by atoms with Crippen molar-refractivity contribution in [2.75, 3.05) is 41.0 Å². The quantitative estimate of drug-likeness (QED) is 0.0295. The summed E-state index contributed by atoms with van der Waals surface area (Å²) >= 11 is 0. The zero-order chi connectivity index (χ0) is 37.8. The maximum atomic E-state index is 12.7. The minimum Gasteiger partial charge on any atom is -0.477 e. The summed E-state index contributed by atoms with van der Waals surface area (Å²) < 4.78 is 17.2. The minimum absolute atomic E-state index is 0.0538. The lowest BCUT2D eigenvalue weighted by Crippen LogP contribution is -2.50. The highest BCUT2D eigenvalue weighted by molar-refractivity contribution is 5.72. The zero-order valence-electron chi connectivity index (χ0n) is 33.8. The van der Waals surface area contributed by atoms with E-state index in [0.717, 1.165) is 51.4 Å². The molecule has 0 aliphatic rings. The van der Waals surface area contributed by atoms with E-state index in [2.05, 4.69) is 38.2 Å². The van der Waals surface area contributed by atoms with Gasteiger partial charge in [-0.2, -0.15) is 0 Å². The molecule has 298 valence electrons. The van der Waals surface area contributed by atoms with Crippen molar-refractivity contribution < 1.29 is 38.2 Å². The molecule has 2 atom stereocenters. The van der Waals surface area contributed by atoms with Gasteiger partial charge in [0.15, 0.2) is 12.1 Å². The third-order valence-electron chi connectivity index (χ3n) is 9.38. The number of carboxylic acids is 1. The van der Waals surface area contributed by atoms with E-state index in [4.69, 9.17) is 14.2 Å². The normalized spacial score (nSPS) is 13.2. The van der Waals surface area contributed by atoms with Crippen LogP contribution in [-0.4, -0.2) is 80.6 Å². The van der Waals surface area contributed by atoms with E-state index in [0.29, 0.717) is 19.3 Å². The SMILES string of the molecule is CCCCCCCCC/C=C/C=C/CCCCCC(=O)OC(COCCC(C(=O)O)[N+](C)(C)C)COC(=O)CCCCCCCCCCCCC. The van der Waals surface area contributed by atoms with Gasteiger partial charge in [-0.1, -0.05) is 147 Å². The molecular formula is C43H80NO7+. The van der Waals surface area contributed by atoms with Crippen LogP contribution in [0.25, 0.3) is 0 Å². The van der Waals surface area contributed by atoms with Gasteiger partial charge in [-0.3, -0.25) is 9.59 Å². The van der Waals surface area contributed by atoms with Crippen LogP contribution in [0.15, 0.2) is 24.3 Å². The number of carbonyl (C=O) groups is 3. The highest BCUT2D eigenvalue weighted by Gasteiger charge is 2.31. The lowest BCUT2D eigenvalue weighted by Gasteiger charge is -2.31. The first-order valence-electron chi connectivity index (χ1n) is 20.9. The predicted molar refractivity (Wildman–Crippen MR) is 211 cm³/mol. The van der Waals surface area contributed by atoms with Crippen molar-refractivity contribution in [3.63, 3.8) is 0 Å². The molecule has 0 aliphatic carbocycles. The summed E-state index contributed by atoms with van der Waals surface area (Å²) in [7, 11) is 5.51. The lowest BCUT2D eigenvalue weighted by molar-refractivity contribution is -0.887. The Kier molecular flexibility index (Phi) is 33.4. The Bertz CT molecular complexity index is 895. The number of unbranched alkanes of at least 4 members (excludes halogenated alkanes) is 20. The van der Waals surface area contributed by atoms with Crippen molar-refractivity contribution >= 4 is 17.9 Å². The number of carboxylic acid groups (broad SMARTS) is 1. The Morgan fingerprint density at radius 2 is 1.02 bits per heavy atom. The summed E-state index contributed by atoms with van der Waals surface area (Å²) in [5, 5.41) is 9.59. The van der Waals surface area contributed by atoms with Gasteiger partial charge in [0.05, 0.1) is 34.4 Å². The van der Waals surface area contributed by atoms with Crippen molar-refractivity contribution in [1.82, 2.24) is 0 Å². The molecule has 0 spiro atoms. The molecule has 8 heteroatoms. The Morgan fingerprint density at radius 1 is 0.588 bits per heavy atom. The molecule has 0 rings (SSSR count). The Labute approximate surface area is 313 Å². The van der Waals surface area contributed by atoms with Crippen LogP contribution in [0.4, 0.5) is 0 Å². The number of ether oxygens (including phenoxy) is 3. The molecule has 1 N–H and O–H groups in total. The molecule has 0 bridgehead atoms. The Morgan fingerprint density at radius 3 is 1.49 bits per heavy atom. The highest BCUT2D eigenvalue weighted by atomic mass is 16.6. The summed E-state index contributed by atoms with van der Waals surface area (Å²) in [6.07, 6.45) is 36.4. The number of allylic oxidation sites excluding steroid dienone is 4. The second-order valence-electron chi connectivity index (χ2n) is 15.3. The first-order valence-corrected chi connectivity index (χ1v) is 20.9. The van der Waals surface area contributed by atoms with Crippen molar-refractivity contribution in [2.24, 2.45) is 0 Å². The van der Waals surface area contributed by atoms with Crippen molar-refractivity contribution in [2.45, 2.75) is 193 Å². The van der Waals surface area contributed by atoms with E-state index in [-0.39, 0.29) is 36.2 Å². The fourth-order valence-corrected chi connectivity index (χ4v) is 6.08. The molecule has 0 saturated carbocycles. The molecule has 0 radical (unpaired) electrons. The number of rotatable bonds is 37. The standard InChI is InChI=1S/C43H79NO7/c1-6-8-10-12-14-16-18-19-20-21-22-24-26-28-30-32-34-42(46)51-39(37-49-36-35-40(43(47)48)44(3,4)5)38-50-41(45)33-31-29-27-25-23-17-15-13-11-9-7-2/h20-22,24,39-40H,6-19,23,25-38H2,1-5H3/p+1/b21-20+,24-22+. The van der Waals surface area contributed by atoms with Gasteiger partial charge in [0, 0.05) is 19.3 Å². The van der Waals surface area contributed by atoms with Gasteiger partial charge in [0.1, 0.15) is 6.61 Å². The number of hydrogen-bond acceptors (Lipinski definition) is 6. The van der Waals surface area contributed by atoms with Crippen LogP contribution >= 0.6 is 0 Å². The monoisotopic (exact) mass is 723 g/mol. The predicted octanol–water partition coefficient (Wildman–Crippen LogP) is 10.9. The van der Waals surface area contributed by atoms with Gasteiger partial charge in [0.2, 0.25) is 0 Å². The molecule has 0 heterocycles. The molecule has 2 unspecified atom stereocenters. The van der Waals surface area contributed by atoms with Gasteiger partial charge < -0.3 is 23.8 Å². The van der Waals surface area contributed by atoms with Gasteiger partial charge in [-0.15, -0.1) is 0 Å². The summed E-state index contributed by atoms with van der Waals surface area (Å²) in [5.74, 6) is -1.50. The van der Waals surface area contributed by atoms with E-state index < -0.39 is 18.1 Å². The number of esters is 2. The zero-order valence-corrected chi connectivity index (χ0v) is 33.8. The van der Waals surface area contributed by atoms with E-state index in [1.54, 1.807) is 0 Å². The van der Waals surface area contributed by atoms with E-state index in [9.17, 15) is 19.5 Å². The maximum Gasteiger partial charge on any atom is 0.362 e. The van der Waals surface area contributed by atoms with Crippen molar-refractivity contribution in [3.05, 3.63) is 24.3 Å². The number of likely N-dealkylation sites (N-methyl/N-ethyl adjacent to an activating group) is 1. The van der Waals surface area contributed by atoms with E-state index in [1.165, 1.54) is 96.3 Å². The van der Waals surface area contributed by atoms with Crippen LogP contribution in [0, 0.1) is 0 Å². The number of nitrogens with zero attached hydrogens (tertiary/aromatic N) is 1. The largest absolute Gasteiger partial charge is 0.477 e. The third kappa shape index (κ3) is 33.4. The average Bonchev–Trinajstić information content (AvgIpc) is 3.08. The summed E-state index contributed by atoms with van der Waals surface area (Å²) in [5.41, 5.74) is 0. The van der Waals surface area contributed by atoms with Gasteiger partial charge >= 0.3 is 17.9 Å². The first-order chi connectivity index (χ1) is 24.6. The molecule has 0 fully saturated rings. The van der Waals surface area contributed by atoms with Crippen LogP contribution in [0.1, 0.15) is 181 Å². The molecule has 0 aromatic rings. The Balaban J connectivity index is 4.42. The van der Waals surface area contributed by atoms with Crippen molar-refractivity contribution in [3.8, 4) is 0 Å². The summed E-state index contributed by atoms with van der Waals surface area (Å²) in [4.78, 5) is 36.8. The number of carbonyl (C=O) groups excluding carboxylic acids is 2. The van der Waals surface area contributed by atoms with Crippen LogP contribution in [0.5, 0.6) is 0 Å².